The molecule has 72 valence electrons. The van der Waals surface area contributed by atoms with Crippen LogP contribution < -0.4 is 4.74 Å². The van der Waals surface area contributed by atoms with E-state index in [2.05, 4.69) is 11.9 Å². The van der Waals surface area contributed by atoms with Crippen molar-refractivity contribution >= 4 is 11.3 Å². The van der Waals surface area contributed by atoms with Gasteiger partial charge in [0, 0.05) is 10.4 Å². The molecule has 3 heteroatoms. The van der Waals surface area contributed by atoms with Crippen LogP contribution >= 0.6 is 11.3 Å². The van der Waals surface area contributed by atoms with Crippen LogP contribution in [-0.2, 0) is 0 Å². The molecule has 0 aliphatic carbocycles. The number of aromatic nitrogens is 1. The number of thiazole rings is 1. The Balaban J connectivity index is 2.39. The van der Waals surface area contributed by atoms with Gasteiger partial charge in [-0.2, -0.15) is 0 Å². The van der Waals surface area contributed by atoms with Crippen LogP contribution in [-0.4, -0.2) is 12.1 Å². The molecule has 2 rings (SSSR count). The molecule has 0 amide bonds. The summed E-state index contributed by atoms with van der Waals surface area (Å²) in [5.74, 6) is 0.877. The second-order valence-electron chi connectivity index (χ2n) is 2.99. The number of hydrogen-bond acceptors (Lipinski definition) is 3. The normalized spacial score (nSPS) is 10.1. The zero-order valence-electron chi connectivity index (χ0n) is 8.15. The average molecular weight is 205 g/mol. The van der Waals surface area contributed by atoms with Gasteiger partial charge in [0.1, 0.15) is 5.75 Å². The van der Waals surface area contributed by atoms with Crippen LogP contribution in [0.5, 0.6) is 5.75 Å². The zero-order chi connectivity index (χ0) is 9.97. The molecule has 0 N–H and O–H groups in total. The summed E-state index contributed by atoms with van der Waals surface area (Å²) >= 11 is 1.67. The van der Waals surface area contributed by atoms with Gasteiger partial charge in [0.2, 0.25) is 0 Å². The molecular weight excluding hydrogens is 194 g/mol. The van der Waals surface area contributed by atoms with Crippen LogP contribution in [0.1, 0.15) is 4.88 Å². The first-order chi connectivity index (χ1) is 6.81. The van der Waals surface area contributed by atoms with Crippen LogP contribution in [0.2, 0.25) is 0 Å². The van der Waals surface area contributed by atoms with Crippen LogP contribution in [0.15, 0.2) is 29.8 Å². The van der Waals surface area contributed by atoms with Gasteiger partial charge in [-0.05, 0) is 31.2 Å². The Morgan fingerprint density at radius 1 is 1.21 bits per heavy atom. The molecule has 0 atom stereocenters. The first-order valence-corrected chi connectivity index (χ1v) is 5.24. The quantitative estimate of drug-likeness (QED) is 0.751. The van der Waals surface area contributed by atoms with Crippen LogP contribution in [0.4, 0.5) is 0 Å². The number of hydrogen-bond donors (Lipinski definition) is 0. The van der Waals surface area contributed by atoms with Crippen LogP contribution in [0, 0.1) is 6.92 Å². The highest BCUT2D eigenvalue weighted by atomic mass is 32.1. The van der Waals surface area contributed by atoms with Crippen molar-refractivity contribution in [1.82, 2.24) is 4.98 Å². The predicted octanol–water partition coefficient (Wildman–Crippen LogP) is 3.13. The predicted molar refractivity (Wildman–Crippen MR) is 58.8 cm³/mol. The van der Waals surface area contributed by atoms with Crippen molar-refractivity contribution in [3.63, 3.8) is 0 Å². The number of benzene rings is 1. The summed E-state index contributed by atoms with van der Waals surface area (Å²) in [6.07, 6.45) is 0. The Hall–Kier alpha value is -1.35. The van der Waals surface area contributed by atoms with E-state index in [4.69, 9.17) is 4.74 Å². The van der Waals surface area contributed by atoms with Crippen molar-refractivity contribution in [3.8, 4) is 17.0 Å². The lowest BCUT2D eigenvalue weighted by atomic mass is 10.1. The highest BCUT2D eigenvalue weighted by Gasteiger charge is 2.04. The third-order valence-corrected chi connectivity index (χ3v) is 2.87. The van der Waals surface area contributed by atoms with Crippen molar-refractivity contribution in [3.05, 3.63) is 34.7 Å². The number of nitrogens with zero attached hydrogens (tertiary/aromatic N) is 1. The standard InChI is InChI=1S/C11H11NOS/c1-8-11(12-7-14-8)9-3-5-10(13-2)6-4-9/h3-7H,1-2H3. The van der Waals surface area contributed by atoms with Gasteiger partial charge in [0.05, 0.1) is 18.3 Å². The summed E-state index contributed by atoms with van der Waals surface area (Å²) in [5, 5.41) is 0. The summed E-state index contributed by atoms with van der Waals surface area (Å²) in [6.45, 7) is 2.08. The van der Waals surface area contributed by atoms with Gasteiger partial charge in [-0.15, -0.1) is 11.3 Å². The maximum atomic E-state index is 5.10. The van der Waals surface area contributed by atoms with E-state index in [1.807, 2.05) is 29.8 Å². The monoisotopic (exact) mass is 205 g/mol. The van der Waals surface area contributed by atoms with Crippen molar-refractivity contribution in [1.29, 1.82) is 0 Å². The fourth-order valence-corrected chi connectivity index (χ4v) is 1.93. The van der Waals surface area contributed by atoms with Crippen LogP contribution in [0.25, 0.3) is 11.3 Å². The minimum Gasteiger partial charge on any atom is -0.497 e. The van der Waals surface area contributed by atoms with E-state index >= 15 is 0 Å². The molecule has 0 aliphatic rings. The molecule has 1 aromatic heterocycles. The maximum absolute atomic E-state index is 5.10. The summed E-state index contributed by atoms with van der Waals surface area (Å²) in [7, 11) is 1.67. The first kappa shape index (κ1) is 9.21. The summed E-state index contributed by atoms with van der Waals surface area (Å²) in [6, 6.07) is 7.96. The molecule has 2 nitrogen and oxygen atoms in total. The minimum absolute atomic E-state index is 0.877. The molecule has 0 unspecified atom stereocenters. The van der Waals surface area contributed by atoms with E-state index < -0.39 is 0 Å². The molecule has 1 heterocycles. The van der Waals surface area contributed by atoms with Gasteiger partial charge < -0.3 is 4.74 Å². The SMILES string of the molecule is COc1ccc(-c2ncsc2C)cc1. The fraction of sp³-hybridized carbons (Fsp3) is 0.182. The third-order valence-electron chi connectivity index (χ3n) is 2.11. The Morgan fingerprint density at radius 2 is 1.93 bits per heavy atom. The topological polar surface area (TPSA) is 22.1 Å². The minimum atomic E-state index is 0.877. The largest absolute Gasteiger partial charge is 0.497 e. The third kappa shape index (κ3) is 1.63. The lowest BCUT2D eigenvalue weighted by molar-refractivity contribution is 0.415. The molecule has 0 spiro atoms. The molecule has 0 fully saturated rings. The van der Waals surface area contributed by atoms with E-state index in [0.29, 0.717) is 0 Å². The Labute approximate surface area is 87.2 Å². The second-order valence-corrected chi connectivity index (χ2v) is 4.04. The lowest BCUT2D eigenvalue weighted by Crippen LogP contribution is -1.83. The highest BCUT2D eigenvalue weighted by molar-refractivity contribution is 7.10. The van der Waals surface area contributed by atoms with Gasteiger partial charge in [-0.3, -0.25) is 0 Å². The first-order valence-electron chi connectivity index (χ1n) is 4.36. The molecule has 0 radical (unpaired) electrons. The number of methoxy groups -OCH3 is 1. The molecule has 0 bridgehead atoms. The van der Waals surface area contributed by atoms with E-state index in [0.717, 1.165) is 17.0 Å². The smallest absolute Gasteiger partial charge is 0.118 e. The van der Waals surface area contributed by atoms with Gasteiger partial charge in [0.15, 0.2) is 0 Å². The molecule has 14 heavy (non-hydrogen) atoms. The second kappa shape index (κ2) is 3.80. The van der Waals surface area contributed by atoms with Gasteiger partial charge in [0.25, 0.3) is 0 Å². The molecule has 1 aromatic carbocycles. The van der Waals surface area contributed by atoms with Crippen molar-refractivity contribution < 1.29 is 4.74 Å². The zero-order valence-corrected chi connectivity index (χ0v) is 8.97. The lowest BCUT2D eigenvalue weighted by Gasteiger charge is -2.01. The van der Waals surface area contributed by atoms with Gasteiger partial charge in [-0.25, -0.2) is 4.98 Å². The average Bonchev–Trinajstić information content (AvgIpc) is 2.65. The van der Waals surface area contributed by atoms with Crippen molar-refractivity contribution in [2.75, 3.05) is 7.11 Å². The van der Waals surface area contributed by atoms with E-state index in [1.165, 1.54) is 4.88 Å². The molecule has 2 aromatic rings. The van der Waals surface area contributed by atoms with Crippen molar-refractivity contribution in [2.45, 2.75) is 6.92 Å². The molecule has 0 saturated carbocycles. The maximum Gasteiger partial charge on any atom is 0.118 e. The summed E-state index contributed by atoms with van der Waals surface area (Å²) < 4.78 is 5.10. The van der Waals surface area contributed by atoms with Crippen molar-refractivity contribution in [2.24, 2.45) is 0 Å². The van der Waals surface area contributed by atoms with E-state index in [1.54, 1.807) is 18.4 Å². The van der Waals surface area contributed by atoms with E-state index in [-0.39, 0.29) is 0 Å². The summed E-state index contributed by atoms with van der Waals surface area (Å²) in [4.78, 5) is 5.56. The van der Waals surface area contributed by atoms with Crippen LogP contribution in [0.3, 0.4) is 0 Å². The Kier molecular flexibility index (Phi) is 2.50. The van der Waals surface area contributed by atoms with E-state index in [9.17, 15) is 0 Å². The fourth-order valence-electron chi connectivity index (χ4n) is 1.33. The molecular formula is C11H11NOS. The van der Waals surface area contributed by atoms with Gasteiger partial charge >= 0.3 is 0 Å². The molecule has 0 aliphatic heterocycles. The number of ether oxygens (including phenoxy) is 1. The Morgan fingerprint density at radius 3 is 2.43 bits per heavy atom. The summed E-state index contributed by atoms with van der Waals surface area (Å²) in [5.41, 5.74) is 4.08. The number of rotatable bonds is 2. The number of aryl methyl sites for hydroxylation is 1. The highest BCUT2D eigenvalue weighted by Crippen LogP contribution is 2.25. The molecule has 0 saturated heterocycles. The van der Waals surface area contributed by atoms with Gasteiger partial charge in [-0.1, -0.05) is 0 Å². The Bertz CT molecular complexity index is 419.